The molecule has 0 bridgehead atoms. The third kappa shape index (κ3) is 4.05. The van der Waals surface area contributed by atoms with Crippen LogP contribution in [0.1, 0.15) is 28.0 Å². The fourth-order valence-corrected chi connectivity index (χ4v) is 3.62. The molecule has 0 spiro atoms. The van der Waals surface area contributed by atoms with Crippen LogP contribution in [0.3, 0.4) is 0 Å². The number of carbonyl (C=O) groups is 1. The molecule has 9 heteroatoms. The first-order valence-corrected chi connectivity index (χ1v) is 9.55. The summed E-state index contributed by atoms with van der Waals surface area (Å²) in [5.41, 5.74) is 5.68. The van der Waals surface area contributed by atoms with Crippen molar-refractivity contribution in [2.45, 2.75) is 25.8 Å². The predicted octanol–water partition coefficient (Wildman–Crippen LogP) is -0.517. The second-order valence-electron chi connectivity index (χ2n) is 6.20. The molecule has 0 atom stereocenters. The molecule has 1 aliphatic carbocycles. The second kappa shape index (κ2) is 7.41. The number of aryl methyl sites for hydroxylation is 1. The number of carbonyl (C=O) groups excluding carboxylic acids is 1. The molecule has 27 heavy (non-hydrogen) atoms. The van der Waals surface area contributed by atoms with Crippen molar-refractivity contribution in [1.29, 1.82) is 0 Å². The maximum absolute atomic E-state index is 11.9. The third-order valence-corrected chi connectivity index (χ3v) is 4.71. The number of Topliss-reactive ketones (excluding diaryl/α,β-unsaturated/α-hetero) is 1. The summed E-state index contributed by atoms with van der Waals surface area (Å²) in [5, 5.41) is 0. The molecular weight excluding hydrogens is 378 g/mol. The van der Waals surface area contributed by atoms with Crippen LogP contribution in [0.15, 0.2) is 24.3 Å². The average molecular weight is 399 g/mol. The van der Waals surface area contributed by atoms with E-state index in [0.29, 0.717) is 6.42 Å². The van der Waals surface area contributed by atoms with Crippen molar-refractivity contribution in [1.82, 2.24) is 0 Å². The molecule has 4 rings (SSSR count). The minimum atomic E-state index is -4.19. The van der Waals surface area contributed by atoms with Gasteiger partial charge in [0.15, 0.2) is 29.5 Å². The number of hydrogen-bond donors (Lipinski definition) is 3. The first kappa shape index (κ1) is 19.5. The Morgan fingerprint density at radius 1 is 1.00 bits per heavy atom. The van der Waals surface area contributed by atoms with Crippen molar-refractivity contribution in [2.75, 3.05) is 14.2 Å². The zero-order valence-electron chi connectivity index (χ0n) is 14.9. The van der Waals surface area contributed by atoms with Crippen molar-refractivity contribution in [3.8, 4) is 22.8 Å². The van der Waals surface area contributed by atoms with Gasteiger partial charge >= 0.3 is 28.9 Å². The summed E-state index contributed by atoms with van der Waals surface area (Å²) >= 11 is 0. The summed E-state index contributed by atoms with van der Waals surface area (Å²) in [6, 6.07) is 8.15. The second-order valence-corrected chi connectivity index (χ2v) is 7.07. The van der Waals surface area contributed by atoms with Crippen LogP contribution in [0.25, 0.3) is 11.3 Å². The van der Waals surface area contributed by atoms with Gasteiger partial charge < -0.3 is 9.47 Å². The summed E-state index contributed by atoms with van der Waals surface area (Å²) in [6.45, 7) is 0.911. The molecular formula is C18H21ClNO7+. The van der Waals surface area contributed by atoms with E-state index >= 15 is 0 Å². The van der Waals surface area contributed by atoms with Gasteiger partial charge in [-0.2, -0.15) is 4.57 Å². The van der Waals surface area contributed by atoms with Crippen LogP contribution in [-0.4, -0.2) is 34.0 Å². The molecule has 0 fully saturated rings. The van der Waals surface area contributed by atoms with Gasteiger partial charge in [0.1, 0.15) is 0 Å². The Morgan fingerprint density at radius 2 is 1.63 bits per heavy atom. The van der Waals surface area contributed by atoms with E-state index in [-0.39, 0.29) is 5.78 Å². The van der Waals surface area contributed by atoms with E-state index < -0.39 is 10.2 Å². The topological polar surface area (TPSA) is 123 Å². The zero-order chi connectivity index (χ0) is 19.8. The summed E-state index contributed by atoms with van der Waals surface area (Å²) < 4.78 is 43.4. The van der Waals surface area contributed by atoms with E-state index in [9.17, 15) is 4.79 Å². The summed E-state index contributed by atoms with van der Waals surface area (Å²) in [5.74, 6) is 1.78. The molecule has 0 amide bonds. The van der Waals surface area contributed by atoms with Crippen molar-refractivity contribution < 1.29 is 47.7 Å². The molecule has 0 unspecified atom stereocenters. The van der Waals surface area contributed by atoms with Gasteiger partial charge in [0.05, 0.1) is 25.3 Å². The Hall–Kier alpha value is -2.23. The number of halogens is 1. The molecule has 3 N–H and O–H groups in total. The Labute approximate surface area is 157 Å². The van der Waals surface area contributed by atoms with Crippen molar-refractivity contribution >= 4 is 5.78 Å². The van der Waals surface area contributed by atoms with Crippen molar-refractivity contribution in [3.63, 3.8) is 0 Å². The molecule has 146 valence electrons. The summed E-state index contributed by atoms with van der Waals surface area (Å²) in [4.78, 5) is 11.9. The standard InChI is InChI=1S/C18H18NO3.ClH3O4/c1-21-17-9-11-7-8-19-14-5-6-16(20)12(14)3-4-15(19)13(11)10-18(17)22-2;2-1(3,4)5/h3-4,9-10H,5-8H2,1-2H3;2-4H/q+1;. The molecule has 2 aliphatic rings. The normalized spacial score (nSPS) is 15.1. The van der Waals surface area contributed by atoms with Crippen LogP contribution in [0.4, 0.5) is 0 Å². The Morgan fingerprint density at radius 3 is 2.26 bits per heavy atom. The number of ether oxygens (including phenoxy) is 2. The van der Waals surface area contributed by atoms with Crippen molar-refractivity contribution in [3.05, 3.63) is 41.1 Å². The first-order valence-electron chi connectivity index (χ1n) is 8.23. The fourth-order valence-electron chi connectivity index (χ4n) is 3.62. The molecule has 1 aromatic carbocycles. The summed E-state index contributed by atoms with van der Waals surface area (Å²) in [7, 11) is -0.878. The van der Waals surface area contributed by atoms with Gasteiger partial charge in [-0.3, -0.25) is 4.79 Å². The van der Waals surface area contributed by atoms with Crippen LogP contribution in [-0.2, 0) is 19.4 Å². The summed E-state index contributed by atoms with van der Waals surface area (Å²) in [6.07, 6.45) is 2.43. The van der Waals surface area contributed by atoms with Gasteiger partial charge in [-0.1, -0.05) is 0 Å². The van der Waals surface area contributed by atoms with Crippen LogP contribution in [0.2, 0.25) is 0 Å². The number of aromatic nitrogens is 1. The van der Waals surface area contributed by atoms with E-state index in [4.69, 9.17) is 28.1 Å². The third-order valence-electron chi connectivity index (χ3n) is 4.71. The number of nitrogens with zero attached hydrogens (tertiary/aromatic N) is 1. The van der Waals surface area contributed by atoms with E-state index in [1.54, 1.807) is 14.2 Å². The van der Waals surface area contributed by atoms with Gasteiger partial charge in [-0.15, -0.1) is 0 Å². The average Bonchev–Trinajstić information content (AvgIpc) is 3.00. The molecule has 8 nitrogen and oxygen atoms in total. The fraction of sp³-hybridized carbons (Fsp3) is 0.333. The van der Waals surface area contributed by atoms with Gasteiger partial charge in [-0.05, 0) is 23.8 Å². The van der Waals surface area contributed by atoms with Gasteiger partial charge in [0.2, 0.25) is 5.69 Å². The number of fused-ring (bicyclic) bond motifs is 5. The van der Waals surface area contributed by atoms with Crippen LogP contribution in [0.5, 0.6) is 11.5 Å². The Balaban J connectivity index is 0.000000376. The van der Waals surface area contributed by atoms with E-state index in [0.717, 1.165) is 42.1 Å². The number of benzene rings is 1. The zero-order valence-corrected chi connectivity index (χ0v) is 15.7. The molecule has 0 radical (unpaired) electrons. The molecule has 0 saturated carbocycles. The number of hydrogen-bond acceptors (Lipinski definition) is 7. The SMILES string of the molecule is COc1cc2c(cc1OC)-c1ccc3c([n+]1CC2)CCC3=O.[O-][Cl+](O)(O)O. The molecule has 1 aromatic heterocycles. The van der Waals surface area contributed by atoms with Crippen LogP contribution < -0.4 is 18.7 Å². The minimum absolute atomic E-state index is 0.267. The monoisotopic (exact) mass is 398 g/mol. The number of methoxy groups -OCH3 is 2. The van der Waals surface area contributed by atoms with Gasteiger partial charge in [0.25, 0.3) is 0 Å². The first-order chi connectivity index (χ1) is 12.7. The molecule has 2 heterocycles. The van der Waals surface area contributed by atoms with Crippen LogP contribution in [0, 0.1) is 10.2 Å². The number of rotatable bonds is 2. The van der Waals surface area contributed by atoms with E-state index in [1.165, 1.54) is 16.8 Å². The van der Waals surface area contributed by atoms with Crippen molar-refractivity contribution in [2.24, 2.45) is 0 Å². The Kier molecular flexibility index (Phi) is 5.36. The van der Waals surface area contributed by atoms with E-state index in [2.05, 4.69) is 16.7 Å². The maximum atomic E-state index is 11.9. The molecule has 2 aromatic rings. The van der Waals surface area contributed by atoms with Gasteiger partial charge in [0, 0.05) is 25.3 Å². The van der Waals surface area contributed by atoms with Gasteiger partial charge in [-0.25, -0.2) is 0 Å². The number of pyridine rings is 1. The van der Waals surface area contributed by atoms with E-state index in [1.807, 2.05) is 12.1 Å². The quantitative estimate of drug-likeness (QED) is 0.582. The predicted molar refractivity (Wildman–Crippen MR) is 88.2 cm³/mol. The molecule has 1 aliphatic heterocycles. The number of ketones is 1. The molecule has 0 saturated heterocycles. The Bertz CT molecular complexity index is 886. The van der Waals surface area contributed by atoms with Crippen LogP contribution >= 0.6 is 0 Å².